The largest absolute Gasteiger partial charge is 0.480 e. The van der Waals surface area contributed by atoms with Crippen molar-refractivity contribution < 1.29 is 14.3 Å². The third-order valence-corrected chi connectivity index (χ3v) is 1.98. The fourth-order valence-corrected chi connectivity index (χ4v) is 1.14. The molecule has 0 unspecified atom stereocenters. The number of ether oxygens (including phenoxy) is 2. The fraction of sp³-hybridized carbons (Fsp3) is 0.200. The topological polar surface area (TPSA) is 59.3 Å². The molecule has 1 rings (SSSR count). The Bertz CT molecular complexity index is 412. The van der Waals surface area contributed by atoms with Gasteiger partial charge in [-0.15, -0.1) is 0 Å². The molecule has 0 saturated heterocycles. The maximum Gasteiger partial charge on any atom is 0.343 e. The molecule has 0 N–H and O–H groups in total. The van der Waals surface area contributed by atoms with E-state index in [0.717, 1.165) is 0 Å². The molecule has 0 aromatic heterocycles. The van der Waals surface area contributed by atoms with Crippen molar-refractivity contribution in [2.24, 2.45) is 0 Å². The molecular formula is C10H8ClNO3. The standard InChI is InChI=1S/C10H8ClNO3/c1-14-10(13)6-15-9-4-2-3-8(11)7(9)5-12/h2-4H,6H2,1H3. The van der Waals surface area contributed by atoms with Crippen molar-refractivity contribution >= 4 is 17.6 Å². The number of rotatable bonds is 3. The van der Waals surface area contributed by atoms with E-state index in [2.05, 4.69) is 4.74 Å². The Morgan fingerprint density at radius 1 is 1.60 bits per heavy atom. The summed E-state index contributed by atoms with van der Waals surface area (Å²) >= 11 is 5.76. The second-order valence-electron chi connectivity index (χ2n) is 2.59. The highest BCUT2D eigenvalue weighted by Crippen LogP contribution is 2.25. The van der Waals surface area contributed by atoms with Gasteiger partial charge in [0.05, 0.1) is 12.1 Å². The van der Waals surface area contributed by atoms with E-state index < -0.39 is 5.97 Å². The van der Waals surface area contributed by atoms with Crippen LogP contribution in [0.25, 0.3) is 0 Å². The first-order valence-corrected chi connectivity index (χ1v) is 4.45. The lowest BCUT2D eigenvalue weighted by atomic mass is 10.2. The first kappa shape index (κ1) is 11.3. The smallest absolute Gasteiger partial charge is 0.343 e. The van der Waals surface area contributed by atoms with Gasteiger partial charge in [-0.2, -0.15) is 5.26 Å². The average Bonchev–Trinajstić information content (AvgIpc) is 2.25. The second kappa shape index (κ2) is 5.23. The monoisotopic (exact) mass is 225 g/mol. The summed E-state index contributed by atoms with van der Waals surface area (Å²) in [5.41, 5.74) is 0.211. The van der Waals surface area contributed by atoms with E-state index in [1.807, 2.05) is 6.07 Å². The highest BCUT2D eigenvalue weighted by atomic mass is 35.5. The van der Waals surface area contributed by atoms with Crippen molar-refractivity contribution in [3.05, 3.63) is 28.8 Å². The predicted molar refractivity (Wildman–Crippen MR) is 53.7 cm³/mol. The van der Waals surface area contributed by atoms with Crippen molar-refractivity contribution in [3.63, 3.8) is 0 Å². The van der Waals surface area contributed by atoms with Gasteiger partial charge in [-0.25, -0.2) is 4.79 Å². The Hall–Kier alpha value is -1.73. The van der Waals surface area contributed by atoms with Crippen LogP contribution in [0.5, 0.6) is 5.75 Å². The van der Waals surface area contributed by atoms with Gasteiger partial charge in [-0.05, 0) is 12.1 Å². The normalized spacial score (nSPS) is 9.13. The third-order valence-electron chi connectivity index (χ3n) is 1.66. The predicted octanol–water partition coefficient (Wildman–Crippen LogP) is 1.76. The van der Waals surface area contributed by atoms with Crippen LogP contribution in [-0.4, -0.2) is 19.7 Å². The van der Waals surface area contributed by atoms with E-state index in [1.165, 1.54) is 7.11 Å². The molecule has 1 aromatic rings. The fourth-order valence-electron chi connectivity index (χ4n) is 0.929. The molecule has 5 heteroatoms. The van der Waals surface area contributed by atoms with Crippen LogP contribution in [-0.2, 0) is 9.53 Å². The minimum absolute atomic E-state index is 0.211. The molecule has 0 aliphatic rings. The molecule has 0 bridgehead atoms. The van der Waals surface area contributed by atoms with Crippen LogP contribution >= 0.6 is 11.6 Å². The number of esters is 1. The van der Waals surface area contributed by atoms with Gasteiger partial charge in [-0.1, -0.05) is 17.7 Å². The van der Waals surface area contributed by atoms with Gasteiger partial charge in [0.2, 0.25) is 0 Å². The van der Waals surface area contributed by atoms with Crippen molar-refractivity contribution in [1.29, 1.82) is 5.26 Å². The van der Waals surface area contributed by atoms with Gasteiger partial charge in [0.25, 0.3) is 0 Å². The summed E-state index contributed by atoms with van der Waals surface area (Å²) in [6.07, 6.45) is 0. The first-order valence-electron chi connectivity index (χ1n) is 4.07. The first-order chi connectivity index (χ1) is 7.19. The quantitative estimate of drug-likeness (QED) is 0.736. The van der Waals surface area contributed by atoms with Crippen LogP contribution in [0.1, 0.15) is 5.56 Å². The lowest BCUT2D eigenvalue weighted by Crippen LogP contribution is -2.13. The minimum Gasteiger partial charge on any atom is -0.480 e. The van der Waals surface area contributed by atoms with Gasteiger partial charge in [0, 0.05) is 0 Å². The number of hydrogen-bond acceptors (Lipinski definition) is 4. The summed E-state index contributed by atoms with van der Waals surface area (Å²) in [6, 6.07) is 6.67. The number of carbonyl (C=O) groups is 1. The Morgan fingerprint density at radius 2 is 2.33 bits per heavy atom. The zero-order valence-electron chi connectivity index (χ0n) is 7.99. The molecule has 0 heterocycles. The maximum atomic E-state index is 10.8. The van der Waals surface area contributed by atoms with Gasteiger partial charge >= 0.3 is 5.97 Å². The number of carbonyl (C=O) groups excluding carboxylic acids is 1. The van der Waals surface area contributed by atoms with Gasteiger partial charge in [0.1, 0.15) is 17.4 Å². The minimum atomic E-state index is -0.515. The molecule has 0 atom stereocenters. The highest BCUT2D eigenvalue weighted by Gasteiger charge is 2.09. The Morgan fingerprint density at radius 3 is 2.93 bits per heavy atom. The average molecular weight is 226 g/mol. The number of methoxy groups -OCH3 is 1. The molecule has 0 radical (unpaired) electrons. The van der Waals surface area contributed by atoms with E-state index in [4.69, 9.17) is 21.6 Å². The molecule has 0 amide bonds. The summed E-state index contributed by atoms with van der Waals surface area (Å²) < 4.78 is 9.48. The van der Waals surface area contributed by atoms with Crippen LogP contribution in [0.4, 0.5) is 0 Å². The summed E-state index contributed by atoms with van der Waals surface area (Å²) in [7, 11) is 1.26. The highest BCUT2D eigenvalue weighted by molar-refractivity contribution is 6.31. The molecule has 0 spiro atoms. The van der Waals surface area contributed by atoms with E-state index in [1.54, 1.807) is 18.2 Å². The number of benzene rings is 1. The molecule has 0 aliphatic carbocycles. The summed E-state index contributed by atoms with van der Waals surface area (Å²) in [5, 5.41) is 9.08. The van der Waals surface area contributed by atoms with Crippen LogP contribution in [0, 0.1) is 11.3 Å². The number of nitrogens with zero attached hydrogens (tertiary/aromatic N) is 1. The molecule has 0 saturated carbocycles. The van der Waals surface area contributed by atoms with Gasteiger partial charge in [-0.3, -0.25) is 0 Å². The molecular weight excluding hydrogens is 218 g/mol. The molecule has 0 aliphatic heterocycles. The summed E-state index contributed by atoms with van der Waals surface area (Å²) in [4.78, 5) is 10.8. The second-order valence-corrected chi connectivity index (χ2v) is 3.00. The van der Waals surface area contributed by atoms with Crippen molar-refractivity contribution in [3.8, 4) is 11.8 Å². The van der Waals surface area contributed by atoms with E-state index in [-0.39, 0.29) is 17.9 Å². The summed E-state index contributed by atoms with van der Waals surface area (Å²) in [6.45, 7) is -0.245. The summed E-state index contributed by atoms with van der Waals surface area (Å²) in [5.74, 6) is -0.241. The van der Waals surface area contributed by atoms with Crippen LogP contribution in [0.3, 0.4) is 0 Å². The SMILES string of the molecule is COC(=O)COc1cccc(Cl)c1C#N. The maximum absolute atomic E-state index is 10.8. The number of nitriles is 1. The number of hydrogen-bond donors (Lipinski definition) is 0. The Balaban J connectivity index is 2.82. The zero-order valence-corrected chi connectivity index (χ0v) is 8.75. The van der Waals surface area contributed by atoms with Gasteiger partial charge < -0.3 is 9.47 Å². The lowest BCUT2D eigenvalue weighted by molar-refractivity contribution is -0.142. The Labute approximate surface area is 92.0 Å². The lowest BCUT2D eigenvalue weighted by Gasteiger charge is -2.06. The van der Waals surface area contributed by atoms with Gasteiger partial charge in [0.15, 0.2) is 6.61 Å². The van der Waals surface area contributed by atoms with Crippen molar-refractivity contribution in [2.75, 3.05) is 13.7 Å². The van der Waals surface area contributed by atoms with Crippen molar-refractivity contribution in [1.82, 2.24) is 0 Å². The third kappa shape index (κ3) is 2.86. The Kier molecular flexibility index (Phi) is 3.95. The van der Waals surface area contributed by atoms with E-state index in [0.29, 0.717) is 5.02 Å². The van der Waals surface area contributed by atoms with E-state index in [9.17, 15) is 4.79 Å². The molecule has 4 nitrogen and oxygen atoms in total. The van der Waals surface area contributed by atoms with Crippen molar-refractivity contribution in [2.45, 2.75) is 0 Å². The molecule has 1 aromatic carbocycles. The zero-order chi connectivity index (χ0) is 11.3. The molecule has 0 fully saturated rings. The molecule has 15 heavy (non-hydrogen) atoms. The van der Waals surface area contributed by atoms with Crippen LogP contribution in [0.15, 0.2) is 18.2 Å². The van der Waals surface area contributed by atoms with Crippen LogP contribution in [0.2, 0.25) is 5.02 Å². The number of halogens is 1. The van der Waals surface area contributed by atoms with Crippen LogP contribution < -0.4 is 4.74 Å². The molecule has 78 valence electrons. The van der Waals surface area contributed by atoms with E-state index >= 15 is 0 Å².